The number of rotatable bonds is 5. The summed E-state index contributed by atoms with van der Waals surface area (Å²) < 4.78 is 34.2. The van der Waals surface area contributed by atoms with Gasteiger partial charge in [0.15, 0.2) is 0 Å². The Labute approximate surface area is 172 Å². The van der Waals surface area contributed by atoms with Crippen LogP contribution in [0.5, 0.6) is 0 Å². The molecule has 6 nitrogen and oxygen atoms in total. The number of sulfonamides is 1. The first-order chi connectivity index (χ1) is 13.5. The zero-order valence-electron chi connectivity index (χ0n) is 16.5. The van der Waals surface area contributed by atoms with Gasteiger partial charge in [0.1, 0.15) is 0 Å². The molecule has 1 saturated carbocycles. The van der Waals surface area contributed by atoms with Gasteiger partial charge in [-0.15, -0.1) is 11.8 Å². The van der Waals surface area contributed by atoms with E-state index in [4.69, 9.17) is 4.74 Å². The van der Waals surface area contributed by atoms with Crippen LogP contribution in [0.1, 0.15) is 55.3 Å². The Morgan fingerprint density at radius 3 is 2.39 bits per heavy atom. The van der Waals surface area contributed by atoms with Crippen molar-refractivity contribution >= 4 is 27.7 Å². The van der Waals surface area contributed by atoms with Crippen molar-refractivity contribution in [2.45, 2.75) is 60.8 Å². The topological polar surface area (TPSA) is 75.7 Å². The zero-order chi connectivity index (χ0) is 20.0. The summed E-state index contributed by atoms with van der Waals surface area (Å²) in [4.78, 5) is 15.7. The highest BCUT2D eigenvalue weighted by molar-refractivity contribution is 7.98. The molecule has 0 radical (unpaired) electrons. The van der Waals surface area contributed by atoms with Gasteiger partial charge in [0, 0.05) is 24.0 Å². The number of hydrogen-bond donors (Lipinski definition) is 1. The van der Waals surface area contributed by atoms with Gasteiger partial charge in [-0.05, 0) is 37.3 Å². The average molecular weight is 427 g/mol. The SMILES string of the molecule is CSc1ccc(S(=O)(=O)NC2CCCCCCC2)cc1C(=O)N1CCOCC1. The van der Waals surface area contributed by atoms with Crippen molar-refractivity contribution in [2.75, 3.05) is 32.6 Å². The van der Waals surface area contributed by atoms with Crippen molar-refractivity contribution in [1.82, 2.24) is 9.62 Å². The fourth-order valence-electron chi connectivity index (χ4n) is 3.82. The van der Waals surface area contributed by atoms with Crippen LogP contribution in [0.15, 0.2) is 28.0 Å². The van der Waals surface area contributed by atoms with Crippen molar-refractivity contribution in [1.29, 1.82) is 0 Å². The van der Waals surface area contributed by atoms with E-state index in [1.807, 2.05) is 6.26 Å². The smallest absolute Gasteiger partial charge is 0.255 e. The van der Waals surface area contributed by atoms with E-state index in [0.29, 0.717) is 31.9 Å². The van der Waals surface area contributed by atoms with E-state index in [9.17, 15) is 13.2 Å². The predicted octanol–water partition coefficient (Wildman–Crippen LogP) is 3.27. The highest BCUT2D eigenvalue weighted by Crippen LogP contribution is 2.26. The molecule has 0 bridgehead atoms. The maximum atomic E-state index is 13.0. The van der Waals surface area contributed by atoms with E-state index in [1.165, 1.54) is 37.1 Å². The first kappa shape index (κ1) is 21.6. The van der Waals surface area contributed by atoms with E-state index < -0.39 is 10.0 Å². The van der Waals surface area contributed by atoms with Crippen LogP contribution in [0.2, 0.25) is 0 Å². The summed E-state index contributed by atoms with van der Waals surface area (Å²) in [5, 5.41) is 0. The molecule has 3 rings (SSSR count). The predicted molar refractivity (Wildman–Crippen MR) is 111 cm³/mol. The van der Waals surface area contributed by atoms with Crippen LogP contribution in [-0.2, 0) is 14.8 Å². The first-order valence-electron chi connectivity index (χ1n) is 10.1. The summed E-state index contributed by atoms with van der Waals surface area (Å²) in [5.74, 6) is -0.129. The Kier molecular flexibility index (Phi) is 7.79. The van der Waals surface area contributed by atoms with Crippen LogP contribution in [0.3, 0.4) is 0 Å². The number of amides is 1. The lowest BCUT2D eigenvalue weighted by Gasteiger charge is -2.27. The molecule has 1 aliphatic carbocycles. The molecule has 2 fully saturated rings. The number of benzene rings is 1. The third-order valence-electron chi connectivity index (χ3n) is 5.44. The van der Waals surface area contributed by atoms with Crippen molar-refractivity contribution in [2.24, 2.45) is 0 Å². The molecule has 2 aliphatic rings. The molecule has 1 aliphatic heterocycles. The number of ether oxygens (including phenoxy) is 1. The van der Waals surface area contributed by atoms with Gasteiger partial charge < -0.3 is 9.64 Å². The summed E-state index contributed by atoms with van der Waals surface area (Å²) in [6, 6.07) is 4.86. The monoisotopic (exact) mass is 426 g/mol. The second kappa shape index (κ2) is 10.1. The molecule has 0 aromatic heterocycles. The first-order valence-corrected chi connectivity index (χ1v) is 12.8. The average Bonchev–Trinajstić information content (AvgIpc) is 2.69. The standard InChI is InChI=1S/C20H30N2O4S2/c1-27-19-10-9-17(15-18(19)20(23)22-11-13-26-14-12-22)28(24,25)21-16-7-5-3-2-4-6-8-16/h9-10,15-16,21H,2-8,11-14H2,1H3. The Balaban J connectivity index is 1.81. The quantitative estimate of drug-likeness (QED) is 0.732. The molecule has 1 heterocycles. The molecule has 8 heteroatoms. The molecular weight excluding hydrogens is 396 g/mol. The molecule has 156 valence electrons. The highest BCUT2D eigenvalue weighted by Gasteiger charge is 2.25. The minimum atomic E-state index is -3.65. The maximum Gasteiger partial charge on any atom is 0.255 e. The number of thioether (sulfide) groups is 1. The van der Waals surface area contributed by atoms with Crippen molar-refractivity contribution in [3.63, 3.8) is 0 Å². The zero-order valence-corrected chi connectivity index (χ0v) is 18.1. The van der Waals surface area contributed by atoms with Gasteiger partial charge in [-0.25, -0.2) is 13.1 Å². The molecule has 1 amide bonds. The number of carbonyl (C=O) groups excluding carboxylic acids is 1. The van der Waals surface area contributed by atoms with Crippen LogP contribution >= 0.6 is 11.8 Å². The lowest BCUT2D eigenvalue weighted by molar-refractivity contribution is 0.0300. The molecule has 0 spiro atoms. The van der Waals surface area contributed by atoms with Gasteiger partial charge in [-0.2, -0.15) is 0 Å². The van der Waals surface area contributed by atoms with Gasteiger partial charge >= 0.3 is 0 Å². The summed E-state index contributed by atoms with van der Waals surface area (Å²) in [7, 11) is -3.65. The van der Waals surface area contributed by atoms with Gasteiger partial charge in [-0.3, -0.25) is 4.79 Å². The lowest BCUT2D eigenvalue weighted by atomic mass is 9.97. The Morgan fingerprint density at radius 2 is 1.75 bits per heavy atom. The van der Waals surface area contributed by atoms with E-state index in [2.05, 4.69) is 4.72 Å². The minimum absolute atomic E-state index is 0.0241. The molecule has 0 unspecified atom stereocenters. The minimum Gasteiger partial charge on any atom is -0.378 e. The van der Waals surface area contributed by atoms with E-state index in [1.54, 1.807) is 17.0 Å². The fraction of sp³-hybridized carbons (Fsp3) is 0.650. The van der Waals surface area contributed by atoms with Crippen LogP contribution < -0.4 is 4.72 Å². The van der Waals surface area contributed by atoms with Crippen molar-refractivity contribution < 1.29 is 17.9 Å². The second-order valence-corrected chi connectivity index (χ2v) is 9.99. The molecule has 1 aromatic rings. The number of nitrogens with one attached hydrogen (secondary N) is 1. The van der Waals surface area contributed by atoms with Crippen LogP contribution in [0.25, 0.3) is 0 Å². The molecule has 1 aromatic carbocycles. The summed E-state index contributed by atoms with van der Waals surface area (Å²) in [6.07, 6.45) is 9.33. The molecule has 28 heavy (non-hydrogen) atoms. The Morgan fingerprint density at radius 1 is 1.11 bits per heavy atom. The largest absolute Gasteiger partial charge is 0.378 e. The van der Waals surface area contributed by atoms with E-state index >= 15 is 0 Å². The normalized spacial score (nSPS) is 19.8. The highest BCUT2D eigenvalue weighted by atomic mass is 32.2. The number of nitrogens with zero attached hydrogens (tertiary/aromatic N) is 1. The van der Waals surface area contributed by atoms with Crippen molar-refractivity contribution in [3.8, 4) is 0 Å². The van der Waals surface area contributed by atoms with Gasteiger partial charge in [0.25, 0.3) is 5.91 Å². The molecular formula is C20H30N2O4S2. The second-order valence-electron chi connectivity index (χ2n) is 7.43. The number of hydrogen-bond acceptors (Lipinski definition) is 5. The van der Waals surface area contributed by atoms with E-state index in [0.717, 1.165) is 30.6 Å². The van der Waals surface area contributed by atoms with Gasteiger partial charge in [0.2, 0.25) is 10.0 Å². The van der Waals surface area contributed by atoms with Gasteiger partial charge in [0.05, 0.1) is 23.7 Å². The third-order valence-corrected chi connectivity index (χ3v) is 7.75. The molecule has 0 atom stereocenters. The summed E-state index contributed by atoms with van der Waals surface area (Å²) in [5.41, 5.74) is 0.454. The fourth-order valence-corrected chi connectivity index (χ4v) is 5.72. The number of morpholine rings is 1. The summed E-state index contributed by atoms with van der Waals surface area (Å²) >= 11 is 1.45. The Hall–Kier alpha value is -1.09. The molecule has 1 N–H and O–H groups in total. The van der Waals surface area contributed by atoms with Gasteiger partial charge in [-0.1, -0.05) is 32.1 Å². The van der Waals surface area contributed by atoms with Crippen LogP contribution in [0.4, 0.5) is 0 Å². The molecule has 1 saturated heterocycles. The van der Waals surface area contributed by atoms with Crippen LogP contribution in [-0.4, -0.2) is 57.8 Å². The summed E-state index contributed by atoms with van der Waals surface area (Å²) in [6.45, 7) is 2.09. The van der Waals surface area contributed by atoms with Crippen molar-refractivity contribution in [3.05, 3.63) is 23.8 Å². The van der Waals surface area contributed by atoms with Crippen LogP contribution in [0, 0.1) is 0 Å². The number of carbonyl (C=O) groups is 1. The maximum absolute atomic E-state index is 13.0. The lowest BCUT2D eigenvalue weighted by Crippen LogP contribution is -2.41. The Bertz CT molecular complexity index is 768. The third kappa shape index (κ3) is 5.49. The van der Waals surface area contributed by atoms with E-state index in [-0.39, 0.29) is 16.8 Å².